The van der Waals surface area contributed by atoms with Crippen molar-refractivity contribution in [2.24, 2.45) is 0 Å². The van der Waals surface area contributed by atoms with Gasteiger partial charge in [0, 0.05) is 6.26 Å². The SMILES string of the molecule is C/C=C/c1ccc(OCc2ccccc2)c(S(C)(=O)=O)c1N. The molecule has 0 aliphatic rings. The van der Waals surface area contributed by atoms with Gasteiger partial charge in [-0.2, -0.15) is 0 Å². The monoisotopic (exact) mass is 317 g/mol. The van der Waals surface area contributed by atoms with E-state index in [4.69, 9.17) is 10.5 Å². The maximum absolute atomic E-state index is 12.1. The van der Waals surface area contributed by atoms with Crippen molar-refractivity contribution in [1.29, 1.82) is 0 Å². The molecule has 0 atom stereocenters. The van der Waals surface area contributed by atoms with E-state index in [-0.39, 0.29) is 22.9 Å². The highest BCUT2D eigenvalue weighted by Crippen LogP contribution is 2.33. The molecule has 0 saturated carbocycles. The fourth-order valence-electron chi connectivity index (χ4n) is 2.15. The van der Waals surface area contributed by atoms with Gasteiger partial charge < -0.3 is 10.5 Å². The average Bonchev–Trinajstić information content (AvgIpc) is 2.47. The van der Waals surface area contributed by atoms with Crippen LogP contribution in [0, 0.1) is 0 Å². The number of benzene rings is 2. The molecule has 116 valence electrons. The van der Waals surface area contributed by atoms with E-state index in [2.05, 4.69) is 0 Å². The maximum atomic E-state index is 12.1. The quantitative estimate of drug-likeness (QED) is 0.859. The van der Waals surface area contributed by atoms with Gasteiger partial charge in [0.2, 0.25) is 0 Å². The van der Waals surface area contributed by atoms with Crippen LogP contribution in [0.25, 0.3) is 6.08 Å². The number of hydrogen-bond acceptors (Lipinski definition) is 4. The Labute approximate surface area is 131 Å². The molecule has 0 heterocycles. The molecule has 0 fully saturated rings. The van der Waals surface area contributed by atoms with E-state index in [1.165, 1.54) is 0 Å². The van der Waals surface area contributed by atoms with Crippen molar-refractivity contribution in [2.75, 3.05) is 12.0 Å². The minimum atomic E-state index is -3.49. The molecule has 0 radical (unpaired) electrons. The van der Waals surface area contributed by atoms with Crippen LogP contribution in [0.4, 0.5) is 5.69 Å². The number of nitrogen functional groups attached to an aromatic ring is 1. The molecule has 5 heteroatoms. The highest BCUT2D eigenvalue weighted by molar-refractivity contribution is 7.91. The van der Waals surface area contributed by atoms with E-state index in [0.717, 1.165) is 11.8 Å². The smallest absolute Gasteiger partial charge is 0.181 e. The summed E-state index contributed by atoms with van der Waals surface area (Å²) < 4.78 is 29.8. The largest absolute Gasteiger partial charge is 0.487 e. The van der Waals surface area contributed by atoms with Crippen LogP contribution in [0.5, 0.6) is 5.75 Å². The summed E-state index contributed by atoms with van der Waals surface area (Å²) in [4.78, 5) is 0.0408. The molecular weight excluding hydrogens is 298 g/mol. The van der Waals surface area contributed by atoms with Crippen LogP contribution in [-0.2, 0) is 16.4 Å². The molecule has 2 rings (SSSR count). The summed E-state index contributed by atoms with van der Waals surface area (Å²) in [6, 6.07) is 12.9. The molecule has 22 heavy (non-hydrogen) atoms. The first kappa shape index (κ1) is 16.1. The van der Waals surface area contributed by atoms with Gasteiger partial charge in [-0.25, -0.2) is 8.42 Å². The third-order valence-corrected chi connectivity index (χ3v) is 4.31. The Morgan fingerprint density at radius 3 is 2.41 bits per heavy atom. The van der Waals surface area contributed by atoms with Gasteiger partial charge in [0.1, 0.15) is 17.3 Å². The van der Waals surface area contributed by atoms with Gasteiger partial charge in [-0.15, -0.1) is 0 Å². The Kier molecular flexibility index (Phi) is 4.88. The molecule has 0 unspecified atom stereocenters. The maximum Gasteiger partial charge on any atom is 0.181 e. The zero-order valence-corrected chi connectivity index (χ0v) is 13.4. The second-order valence-corrected chi connectivity index (χ2v) is 6.89. The predicted octanol–water partition coefficient (Wildman–Crippen LogP) is 3.28. The summed E-state index contributed by atoms with van der Waals surface area (Å²) in [6.07, 6.45) is 4.71. The van der Waals surface area contributed by atoms with Crippen molar-refractivity contribution >= 4 is 21.6 Å². The van der Waals surface area contributed by atoms with Crippen molar-refractivity contribution in [2.45, 2.75) is 18.4 Å². The standard InChI is InChI=1S/C17H19NO3S/c1-3-7-14-10-11-15(17(16(14)18)22(2,19)20)21-12-13-8-5-4-6-9-13/h3-11H,12,18H2,1-2H3/b7-3+. The van der Waals surface area contributed by atoms with Gasteiger partial charge in [-0.3, -0.25) is 0 Å². The van der Waals surface area contributed by atoms with E-state index in [0.29, 0.717) is 5.56 Å². The van der Waals surface area contributed by atoms with E-state index in [1.807, 2.05) is 43.3 Å². The lowest BCUT2D eigenvalue weighted by Gasteiger charge is -2.14. The fourth-order valence-corrected chi connectivity index (χ4v) is 3.16. The van der Waals surface area contributed by atoms with Crippen LogP contribution in [0.15, 0.2) is 53.4 Å². The first-order valence-corrected chi connectivity index (χ1v) is 8.74. The number of nitrogens with two attached hydrogens (primary N) is 1. The second kappa shape index (κ2) is 6.66. The molecule has 2 aromatic rings. The predicted molar refractivity (Wildman–Crippen MR) is 89.4 cm³/mol. The Balaban J connectivity index is 2.41. The zero-order valence-electron chi connectivity index (χ0n) is 12.6. The molecule has 0 aromatic heterocycles. The normalized spacial score (nSPS) is 11.7. The summed E-state index contributed by atoms with van der Waals surface area (Å²) in [5.74, 6) is 0.275. The third-order valence-electron chi connectivity index (χ3n) is 3.15. The number of sulfone groups is 1. The fraction of sp³-hybridized carbons (Fsp3) is 0.176. The van der Waals surface area contributed by atoms with Crippen LogP contribution in [0.1, 0.15) is 18.1 Å². The van der Waals surface area contributed by atoms with E-state index in [1.54, 1.807) is 18.2 Å². The van der Waals surface area contributed by atoms with E-state index < -0.39 is 9.84 Å². The van der Waals surface area contributed by atoms with Gasteiger partial charge in [0.15, 0.2) is 9.84 Å². The Morgan fingerprint density at radius 2 is 1.82 bits per heavy atom. The number of ether oxygens (including phenoxy) is 1. The first-order chi connectivity index (χ1) is 10.4. The lowest BCUT2D eigenvalue weighted by molar-refractivity contribution is 0.298. The minimum Gasteiger partial charge on any atom is -0.487 e. The Bertz CT molecular complexity index is 781. The topological polar surface area (TPSA) is 69.4 Å². The second-order valence-electron chi connectivity index (χ2n) is 4.94. The van der Waals surface area contributed by atoms with Crippen molar-refractivity contribution in [1.82, 2.24) is 0 Å². The highest BCUT2D eigenvalue weighted by Gasteiger charge is 2.20. The van der Waals surface area contributed by atoms with Crippen molar-refractivity contribution < 1.29 is 13.2 Å². The van der Waals surface area contributed by atoms with Crippen molar-refractivity contribution in [3.63, 3.8) is 0 Å². The Hall–Kier alpha value is -2.27. The number of hydrogen-bond donors (Lipinski definition) is 1. The summed E-state index contributed by atoms with van der Waals surface area (Å²) in [6.45, 7) is 2.13. The molecule has 0 saturated heterocycles. The van der Waals surface area contributed by atoms with Gasteiger partial charge >= 0.3 is 0 Å². The molecule has 4 nitrogen and oxygen atoms in total. The van der Waals surface area contributed by atoms with E-state index >= 15 is 0 Å². The minimum absolute atomic E-state index is 0.0408. The van der Waals surface area contributed by atoms with Crippen LogP contribution < -0.4 is 10.5 Å². The summed E-state index contributed by atoms with van der Waals surface area (Å²) >= 11 is 0. The van der Waals surface area contributed by atoms with Gasteiger partial charge in [0.25, 0.3) is 0 Å². The van der Waals surface area contributed by atoms with E-state index in [9.17, 15) is 8.42 Å². The van der Waals surface area contributed by atoms with Crippen molar-refractivity contribution in [3.8, 4) is 5.75 Å². The number of rotatable bonds is 5. The average molecular weight is 317 g/mol. The van der Waals surface area contributed by atoms with Crippen molar-refractivity contribution in [3.05, 3.63) is 59.7 Å². The summed E-state index contributed by atoms with van der Waals surface area (Å²) in [7, 11) is -3.49. The molecule has 2 aromatic carbocycles. The van der Waals surface area contributed by atoms with Crippen LogP contribution in [0.2, 0.25) is 0 Å². The van der Waals surface area contributed by atoms with Crippen LogP contribution in [0.3, 0.4) is 0 Å². The lowest BCUT2D eigenvalue weighted by Crippen LogP contribution is -2.08. The van der Waals surface area contributed by atoms with Crippen LogP contribution in [-0.4, -0.2) is 14.7 Å². The number of anilines is 1. The summed E-state index contributed by atoms with van der Waals surface area (Å²) in [5.41, 5.74) is 7.85. The van der Waals surface area contributed by atoms with Gasteiger partial charge in [0.05, 0.1) is 5.69 Å². The molecule has 0 bridgehead atoms. The molecule has 0 amide bonds. The highest BCUT2D eigenvalue weighted by atomic mass is 32.2. The van der Waals surface area contributed by atoms with Gasteiger partial charge in [-0.05, 0) is 30.2 Å². The lowest BCUT2D eigenvalue weighted by atomic mass is 10.1. The molecule has 2 N–H and O–H groups in total. The first-order valence-electron chi connectivity index (χ1n) is 6.85. The molecular formula is C17H19NO3S. The zero-order chi connectivity index (χ0) is 16.2. The third kappa shape index (κ3) is 3.68. The van der Waals surface area contributed by atoms with Gasteiger partial charge in [-0.1, -0.05) is 42.5 Å². The summed E-state index contributed by atoms with van der Waals surface area (Å²) in [5, 5.41) is 0. The molecule has 0 spiro atoms. The molecule has 0 aliphatic carbocycles. The Morgan fingerprint density at radius 1 is 1.14 bits per heavy atom. The van der Waals surface area contributed by atoms with Crippen LogP contribution >= 0.6 is 0 Å². The number of allylic oxidation sites excluding steroid dienone is 1. The molecule has 0 aliphatic heterocycles.